The van der Waals surface area contributed by atoms with E-state index in [2.05, 4.69) is 20.6 Å². The quantitative estimate of drug-likeness (QED) is 0.401. The standard InChI is InChI=1S/C25H26N6O3/c1-30-14-12-27-24(30)23(18-6-8-21(34-2)9-7-18)29-25(33)19-4-3-5-20(16-19)28-22(32)10-13-31-15-11-26-17-31/h3-9,11-12,14-17,23H,10,13H2,1-2H3,(H,28,32)(H,29,33). The van der Waals surface area contributed by atoms with Crippen LogP contribution in [-0.2, 0) is 18.4 Å². The molecule has 0 aliphatic rings. The fourth-order valence-electron chi connectivity index (χ4n) is 3.57. The lowest BCUT2D eigenvalue weighted by molar-refractivity contribution is -0.116. The third-order valence-electron chi connectivity index (χ3n) is 5.41. The number of hydrogen-bond donors (Lipinski definition) is 2. The molecule has 0 saturated carbocycles. The molecule has 4 aromatic rings. The summed E-state index contributed by atoms with van der Waals surface area (Å²) < 4.78 is 8.95. The molecule has 2 heterocycles. The number of hydrogen-bond acceptors (Lipinski definition) is 5. The zero-order valence-electron chi connectivity index (χ0n) is 19.0. The molecule has 1 atom stereocenters. The van der Waals surface area contributed by atoms with Gasteiger partial charge in [0.15, 0.2) is 0 Å². The van der Waals surface area contributed by atoms with Gasteiger partial charge in [-0.3, -0.25) is 9.59 Å². The second kappa shape index (κ2) is 10.5. The van der Waals surface area contributed by atoms with E-state index in [9.17, 15) is 9.59 Å². The van der Waals surface area contributed by atoms with Gasteiger partial charge < -0.3 is 24.5 Å². The molecule has 34 heavy (non-hydrogen) atoms. The largest absolute Gasteiger partial charge is 0.497 e. The van der Waals surface area contributed by atoms with E-state index in [4.69, 9.17) is 4.74 Å². The Kier molecular flexibility index (Phi) is 7.02. The Morgan fingerprint density at radius 2 is 1.91 bits per heavy atom. The van der Waals surface area contributed by atoms with Crippen LogP contribution in [0.2, 0.25) is 0 Å². The highest BCUT2D eigenvalue weighted by Crippen LogP contribution is 2.24. The highest BCUT2D eigenvalue weighted by molar-refractivity contribution is 5.97. The second-order valence-electron chi connectivity index (χ2n) is 7.76. The number of carbonyl (C=O) groups is 2. The molecular formula is C25H26N6O3. The van der Waals surface area contributed by atoms with Crippen LogP contribution in [0.15, 0.2) is 79.6 Å². The zero-order valence-corrected chi connectivity index (χ0v) is 19.0. The van der Waals surface area contributed by atoms with Gasteiger partial charge in [-0.05, 0) is 35.9 Å². The van der Waals surface area contributed by atoms with E-state index in [1.54, 1.807) is 56.3 Å². The molecule has 1 unspecified atom stereocenters. The van der Waals surface area contributed by atoms with E-state index < -0.39 is 6.04 Å². The Bertz CT molecular complexity index is 1250. The summed E-state index contributed by atoms with van der Waals surface area (Å²) in [7, 11) is 3.49. The number of benzene rings is 2. The molecule has 2 aromatic heterocycles. The molecule has 2 amide bonds. The highest BCUT2D eigenvalue weighted by atomic mass is 16.5. The molecule has 2 N–H and O–H groups in total. The predicted molar refractivity (Wildman–Crippen MR) is 127 cm³/mol. The third kappa shape index (κ3) is 5.50. The van der Waals surface area contributed by atoms with E-state index in [0.29, 0.717) is 30.0 Å². The van der Waals surface area contributed by atoms with E-state index >= 15 is 0 Å². The average Bonchev–Trinajstić information content (AvgIpc) is 3.53. The number of carbonyl (C=O) groups excluding carboxylic acids is 2. The van der Waals surface area contributed by atoms with Gasteiger partial charge >= 0.3 is 0 Å². The first-order valence-electron chi connectivity index (χ1n) is 10.8. The fourth-order valence-corrected chi connectivity index (χ4v) is 3.57. The summed E-state index contributed by atoms with van der Waals surface area (Å²) in [5.74, 6) is 1.00. The van der Waals surface area contributed by atoms with Crippen LogP contribution in [0.3, 0.4) is 0 Å². The average molecular weight is 459 g/mol. The van der Waals surface area contributed by atoms with Crippen LogP contribution < -0.4 is 15.4 Å². The van der Waals surface area contributed by atoms with Crippen molar-refractivity contribution in [3.8, 4) is 5.75 Å². The first-order valence-corrected chi connectivity index (χ1v) is 10.8. The predicted octanol–water partition coefficient (Wildman–Crippen LogP) is 3.17. The van der Waals surface area contributed by atoms with Crippen LogP contribution in [-0.4, -0.2) is 38.0 Å². The third-order valence-corrected chi connectivity index (χ3v) is 5.41. The smallest absolute Gasteiger partial charge is 0.252 e. The van der Waals surface area contributed by atoms with Crippen LogP contribution in [0.5, 0.6) is 5.75 Å². The van der Waals surface area contributed by atoms with Gasteiger partial charge in [0.2, 0.25) is 5.91 Å². The number of amides is 2. The molecule has 0 saturated heterocycles. The Balaban J connectivity index is 1.48. The highest BCUT2D eigenvalue weighted by Gasteiger charge is 2.22. The van der Waals surface area contributed by atoms with Crippen LogP contribution >= 0.6 is 0 Å². The van der Waals surface area contributed by atoms with Crippen molar-refractivity contribution in [1.82, 2.24) is 24.4 Å². The molecule has 0 aliphatic carbocycles. The summed E-state index contributed by atoms with van der Waals surface area (Å²) in [5.41, 5.74) is 1.86. The summed E-state index contributed by atoms with van der Waals surface area (Å²) in [6, 6.07) is 13.9. The normalized spacial score (nSPS) is 11.6. The Morgan fingerprint density at radius 1 is 1.09 bits per heavy atom. The van der Waals surface area contributed by atoms with Gasteiger partial charge in [-0.15, -0.1) is 0 Å². The number of ether oxygens (including phenoxy) is 1. The minimum atomic E-state index is -0.466. The molecule has 2 aromatic carbocycles. The van der Waals surface area contributed by atoms with Crippen LogP contribution in [0, 0.1) is 0 Å². The summed E-state index contributed by atoms with van der Waals surface area (Å²) in [6.45, 7) is 0.527. The number of anilines is 1. The number of nitrogens with one attached hydrogen (secondary N) is 2. The van der Waals surface area contributed by atoms with Gasteiger partial charge in [-0.2, -0.15) is 0 Å². The van der Waals surface area contributed by atoms with Crippen molar-refractivity contribution in [3.05, 3.63) is 96.6 Å². The maximum absolute atomic E-state index is 13.2. The molecular weight excluding hydrogens is 432 g/mol. The molecule has 0 fully saturated rings. The van der Waals surface area contributed by atoms with Gasteiger partial charge in [0.05, 0.1) is 13.4 Å². The first kappa shape index (κ1) is 22.8. The van der Waals surface area contributed by atoms with E-state index in [1.165, 1.54) is 0 Å². The van der Waals surface area contributed by atoms with Crippen molar-refractivity contribution < 1.29 is 14.3 Å². The summed E-state index contributed by atoms with van der Waals surface area (Å²) in [4.78, 5) is 33.9. The Labute approximate surface area is 197 Å². The lowest BCUT2D eigenvalue weighted by Crippen LogP contribution is -2.31. The number of aryl methyl sites for hydroxylation is 2. The minimum Gasteiger partial charge on any atom is -0.497 e. The maximum atomic E-state index is 13.2. The number of aromatic nitrogens is 4. The number of rotatable bonds is 9. The van der Waals surface area contributed by atoms with Crippen molar-refractivity contribution in [2.75, 3.05) is 12.4 Å². The summed E-state index contributed by atoms with van der Waals surface area (Å²) in [6.07, 6.45) is 8.96. The van der Waals surface area contributed by atoms with Gasteiger partial charge in [-0.25, -0.2) is 9.97 Å². The molecule has 4 rings (SSSR count). The zero-order chi connectivity index (χ0) is 23.9. The topological polar surface area (TPSA) is 103 Å². The Morgan fingerprint density at radius 3 is 2.59 bits per heavy atom. The van der Waals surface area contributed by atoms with Crippen molar-refractivity contribution in [1.29, 1.82) is 0 Å². The monoisotopic (exact) mass is 458 g/mol. The fraction of sp³-hybridized carbons (Fsp3) is 0.200. The second-order valence-corrected chi connectivity index (χ2v) is 7.76. The maximum Gasteiger partial charge on any atom is 0.252 e. The molecule has 9 nitrogen and oxygen atoms in total. The number of methoxy groups -OCH3 is 1. The van der Waals surface area contributed by atoms with E-state index in [-0.39, 0.29) is 11.8 Å². The summed E-state index contributed by atoms with van der Waals surface area (Å²) >= 11 is 0. The van der Waals surface area contributed by atoms with E-state index in [0.717, 1.165) is 11.3 Å². The number of nitrogens with zero attached hydrogens (tertiary/aromatic N) is 4. The van der Waals surface area contributed by atoms with Crippen molar-refractivity contribution >= 4 is 17.5 Å². The Hall–Kier alpha value is -4.40. The summed E-state index contributed by atoms with van der Waals surface area (Å²) in [5, 5.41) is 5.92. The van der Waals surface area contributed by atoms with Gasteiger partial charge in [0, 0.05) is 56.1 Å². The van der Waals surface area contributed by atoms with Crippen LogP contribution in [0.1, 0.15) is 34.2 Å². The first-order chi connectivity index (χ1) is 16.5. The molecule has 0 aliphatic heterocycles. The van der Waals surface area contributed by atoms with Gasteiger partial charge in [0.1, 0.15) is 17.6 Å². The minimum absolute atomic E-state index is 0.143. The van der Waals surface area contributed by atoms with Crippen LogP contribution in [0.25, 0.3) is 0 Å². The molecule has 174 valence electrons. The van der Waals surface area contributed by atoms with Gasteiger partial charge in [-0.1, -0.05) is 18.2 Å². The van der Waals surface area contributed by atoms with Crippen LogP contribution in [0.4, 0.5) is 5.69 Å². The lowest BCUT2D eigenvalue weighted by atomic mass is 10.0. The molecule has 0 radical (unpaired) electrons. The molecule has 9 heteroatoms. The lowest BCUT2D eigenvalue weighted by Gasteiger charge is -2.20. The number of imidazole rings is 2. The molecule has 0 bridgehead atoms. The van der Waals surface area contributed by atoms with Crippen molar-refractivity contribution in [2.45, 2.75) is 19.0 Å². The van der Waals surface area contributed by atoms with Crippen molar-refractivity contribution in [2.24, 2.45) is 7.05 Å². The van der Waals surface area contributed by atoms with Crippen molar-refractivity contribution in [3.63, 3.8) is 0 Å². The molecule has 0 spiro atoms. The van der Waals surface area contributed by atoms with Gasteiger partial charge in [0.25, 0.3) is 5.91 Å². The van der Waals surface area contributed by atoms with E-state index in [1.807, 2.05) is 46.6 Å². The SMILES string of the molecule is COc1ccc(C(NC(=O)c2cccc(NC(=O)CCn3ccnc3)c2)c2nccn2C)cc1.